The van der Waals surface area contributed by atoms with E-state index in [1.54, 1.807) is 24.5 Å². The molecule has 0 saturated carbocycles. The van der Waals surface area contributed by atoms with Gasteiger partial charge in [-0.25, -0.2) is 4.39 Å². The van der Waals surface area contributed by atoms with Crippen LogP contribution < -0.4 is 5.32 Å². The number of guanidine groups is 1. The molecule has 2 heterocycles. The molecule has 4 rings (SSSR count). The van der Waals surface area contributed by atoms with E-state index >= 15 is 0 Å². The van der Waals surface area contributed by atoms with Crippen LogP contribution in [0.5, 0.6) is 5.75 Å². The summed E-state index contributed by atoms with van der Waals surface area (Å²) in [6.07, 6.45) is 0.218. The summed E-state index contributed by atoms with van der Waals surface area (Å²) in [7, 11) is 1.58. The van der Waals surface area contributed by atoms with Crippen molar-refractivity contribution in [2.45, 2.75) is 18.9 Å². The lowest BCUT2D eigenvalue weighted by atomic mass is 9.84. The third-order valence-electron chi connectivity index (χ3n) is 5.05. The second kappa shape index (κ2) is 6.06. The number of amides is 1. The Kier molecular flexibility index (Phi) is 3.92. The maximum Gasteiger partial charge on any atom is 0.231 e. The molecule has 7 heteroatoms. The number of hydrogen-bond acceptors (Lipinski definition) is 4. The van der Waals surface area contributed by atoms with Gasteiger partial charge in [0.25, 0.3) is 0 Å². The SMILES string of the molecule is CN1C(=N)N[C@](C)(c2cc(-c3ccc(F)c(O)c3)c3sccc3c2)CC1=O. The molecule has 138 valence electrons. The second-order valence-corrected chi connectivity index (χ2v) is 7.88. The van der Waals surface area contributed by atoms with Crippen molar-refractivity contribution in [3.8, 4) is 16.9 Å². The zero-order valence-corrected chi connectivity index (χ0v) is 15.7. The van der Waals surface area contributed by atoms with E-state index in [-0.39, 0.29) is 18.3 Å². The van der Waals surface area contributed by atoms with Crippen LogP contribution in [0.2, 0.25) is 0 Å². The largest absolute Gasteiger partial charge is 0.505 e. The number of halogens is 1. The highest BCUT2D eigenvalue weighted by Gasteiger charge is 2.38. The van der Waals surface area contributed by atoms with Gasteiger partial charge in [-0.1, -0.05) is 6.07 Å². The normalized spacial score (nSPS) is 20.2. The third kappa shape index (κ3) is 2.84. The van der Waals surface area contributed by atoms with Gasteiger partial charge < -0.3 is 10.4 Å². The summed E-state index contributed by atoms with van der Waals surface area (Å²) >= 11 is 1.56. The van der Waals surface area contributed by atoms with Crippen LogP contribution in [0.25, 0.3) is 21.2 Å². The van der Waals surface area contributed by atoms with E-state index in [2.05, 4.69) is 5.32 Å². The number of rotatable bonds is 2. The van der Waals surface area contributed by atoms with Gasteiger partial charge in [0, 0.05) is 11.7 Å². The number of carbonyl (C=O) groups is 1. The topological polar surface area (TPSA) is 76.4 Å². The average molecular weight is 383 g/mol. The Labute approximate surface area is 159 Å². The summed E-state index contributed by atoms with van der Waals surface area (Å²) < 4.78 is 14.5. The average Bonchev–Trinajstić information content (AvgIpc) is 3.10. The van der Waals surface area contributed by atoms with Crippen molar-refractivity contribution in [3.05, 3.63) is 53.2 Å². The van der Waals surface area contributed by atoms with Crippen LogP contribution in [0.1, 0.15) is 18.9 Å². The molecule has 0 spiro atoms. The lowest BCUT2D eigenvalue weighted by Gasteiger charge is -2.39. The molecule has 1 aliphatic heterocycles. The summed E-state index contributed by atoms with van der Waals surface area (Å²) in [6, 6.07) is 10.2. The number of fused-ring (bicyclic) bond motifs is 1. The fourth-order valence-electron chi connectivity index (χ4n) is 3.40. The number of benzene rings is 2. The second-order valence-electron chi connectivity index (χ2n) is 6.96. The molecule has 0 bridgehead atoms. The first-order chi connectivity index (χ1) is 12.8. The fraction of sp³-hybridized carbons (Fsp3) is 0.200. The molecule has 2 aromatic carbocycles. The fourth-order valence-corrected chi connectivity index (χ4v) is 4.32. The van der Waals surface area contributed by atoms with Crippen LogP contribution in [0.3, 0.4) is 0 Å². The molecular formula is C20H18FN3O2S. The van der Waals surface area contributed by atoms with E-state index in [1.807, 2.05) is 30.5 Å². The molecule has 1 fully saturated rings. The summed E-state index contributed by atoms with van der Waals surface area (Å²) in [6.45, 7) is 1.89. The Hall–Kier alpha value is -2.93. The van der Waals surface area contributed by atoms with Gasteiger partial charge in [-0.3, -0.25) is 15.1 Å². The van der Waals surface area contributed by atoms with E-state index in [9.17, 15) is 14.3 Å². The summed E-state index contributed by atoms with van der Waals surface area (Å²) in [5, 5.41) is 23.9. The number of phenols is 1. The molecule has 0 aliphatic carbocycles. The monoisotopic (exact) mass is 383 g/mol. The quantitative estimate of drug-likeness (QED) is 0.626. The summed E-state index contributed by atoms with van der Waals surface area (Å²) in [5.41, 5.74) is 1.68. The highest BCUT2D eigenvalue weighted by atomic mass is 32.1. The number of phenolic OH excluding ortho intramolecular Hbond substituents is 1. The number of aromatic hydroxyl groups is 1. The van der Waals surface area contributed by atoms with Crippen LogP contribution in [0.4, 0.5) is 4.39 Å². The predicted molar refractivity (Wildman–Crippen MR) is 104 cm³/mol. The summed E-state index contributed by atoms with van der Waals surface area (Å²) in [5.74, 6) is -1.14. The third-order valence-corrected chi connectivity index (χ3v) is 6.02. The van der Waals surface area contributed by atoms with Crippen LogP contribution in [0.15, 0.2) is 41.8 Å². The maximum absolute atomic E-state index is 13.5. The molecule has 0 unspecified atom stereocenters. The number of nitrogens with zero attached hydrogens (tertiary/aromatic N) is 1. The number of carbonyl (C=O) groups excluding carboxylic acids is 1. The molecule has 1 aliphatic rings. The minimum absolute atomic E-state index is 0.0557. The molecular weight excluding hydrogens is 365 g/mol. The first kappa shape index (κ1) is 17.5. The van der Waals surface area contributed by atoms with Gasteiger partial charge in [0.1, 0.15) is 0 Å². The molecule has 27 heavy (non-hydrogen) atoms. The van der Waals surface area contributed by atoms with Gasteiger partial charge >= 0.3 is 0 Å². The van der Waals surface area contributed by atoms with Crippen LogP contribution in [-0.2, 0) is 10.3 Å². The van der Waals surface area contributed by atoms with Gasteiger partial charge in [0.15, 0.2) is 17.5 Å². The van der Waals surface area contributed by atoms with Gasteiger partial charge in [0.05, 0.1) is 12.0 Å². The first-order valence-electron chi connectivity index (χ1n) is 8.42. The smallest absolute Gasteiger partial charge is 0.231 e. The Morgan fingerprint density at radius 2 is 2.07 bits per heavy atom. The lowest BCUT2D eigenvalue weighted by molar-refractivity contribution is -0.129. The van der Waals surface area contributed by atoms with Crippen LogP contribution >= 0.6 is 11.3 Å². The number of thiophene rings is 1. The molecule has 1 aromatic heterocycles. The van der Waals surface area contributed by atoms with Crippen molar-refractivity contribution >= 4 is 33.3 Å². The summed E-state index contributed by atoms with van der Waals surface area (Å²) in [4.78, 5) is 13.6. The van der Waals surface area contributed by atoms with Crippen molar-refractivity contribution in [1.82, 2.24) is 10.2 Å². The minimum Gasteiger partial charge on any atom is -0.505 e. The highest BCUT2D eigenvalue weighted by Crippen LogP contribution is 2.39. The zero-order valence-electron chi connectivity index (χ0n) is 14.8. The van der Waals surface area contributed by atoms with E-state index in [4.69, 9.17) is 5.41 Å². The zero-order chi connectivity index (χ0) is 19.3. The van der Waals surface area contributed by atoms with Crippen molar-refractivity contribution in [2.24, 2.45) is 0 Å². The highest BCUT2D eigenvalue weighted by molar-refractivity contribution is 7.17. The Morgan fingerprint density at radius 3 is 2.78 bits per heavy atom. The van der Waals surface area contributed by atoms with Gasteiger partial charge in [-0.05, 0) is 64.7 Å². The molecule has 1 amide bonds. The van der Waals surface area contributed by atoms with Crippen molar-refractivity contribution < 1.29 is 14.3 Å². The van der Waals surface area contributed by atoms with Crippen molar-refractivity contribution in [2.75, 3.05) is 7.05 Å². The molecule has 1 atom stereocenters. The van der Waals surface area contributed by atoms with Crippen molar-refractivity contribution in [3.63, 3.8) is 0 Å². The molecule has 1 saturated heterocycles. The van der Waals surface area contributed by atoms with E-state index < -0.39 is 17.1 Å². The molecule has 0 radical (unpaired) electrons. The number of hydrogen-bond donors (Lipinski definition) is 3. The van der Waals surface area contributed by atoms with Crippen LogP contribution in [0, 0.1) is 11.2 Å². The van der Waals surface area contributed by atoms with E-state index in [0.29, 0.717) is 5.56 Å². The first-order valence-corrected chi connectivity index (χ1v) is 9.30. The van der Waals surface area contributed by atoms with E-state index in [1.165, 1.54) is 17.0 Å². The number of nitrogens with one attached hydrogen (secondary N) is 2. The van der Waals surface area contributed by atoms with Gasteiger partial charge in [-0.2, -0.15) is 0 Å². The Balaban J connectivity index is 1.89. The maximum atomic E-state index is 13.5. The molecule has 3 aromatic rings. The Morgan fingerprint density at radius 1 is 1.30 bits per heavy atom. The lowest BCUT2D eigenvalue weighted by Crippen LogP contribution is -2.58. The minimum atomic E-state index is -0.729. The van der Waals surface area contributed by atoms with Gasteiger partial charge in [0.2, 0.25) is 5.91 Å². The van der Waals surface area contributed by atoms with Crippen LogP contribution in [-0.4, -0.2) is 28.9 Å². The standard InChI is InChI=1S/C20H18FN3O2S/c1-20(10-17(26)24(2)19(22)23-20)13-7-12-5-6-27-18(12)14(9-13)11-3-4-15(21)16(25)8-11/h3-9,25H,10H2,1-2H3,(H2,22,23)/t20-/m0/s1. The van der Waals surface area contributed by atoms with Gasteiger partial charge in [-0.15, -0.1) is 11.3 Å². The van der Waals surface area contributed by atoms with Crippen molar-refractivity contribution in [1.29, 1.82) is 5.41 Å². The molecule has 5 nitrogen and oxygen atoms in total. The predicted octanol–water partition coefficient (Wildman–Crippen LogP) is 4.01. The Bertz CT molecular complexity index is 1070. The molecule has 3 N–H and O–H groups in total. The van der Waals surface area contributed by atoms with E-state index in [0.717, 1.165) is 21.2 Å².